The molecule has 0 unspecified atom stereocenters. The first-order chi connectivity index (χ1) is 9.38. The van der Waals surface area contributed by atoms with E-state index in [-0.39, 0.29) is 11.3 Å². The number of carbonyl (C=O) groups is 1. The van der Waals surface area contributed by atoms with Crippen LogP contribution in [-0.4, -0.2) is 22.2 Å². The average Bonchev–Trinajstić information content (AvgIpc) is 2.98. The summed E-state index contributed by atoms with van der Waals surface area (Å²) in [5, 5.41) is 7.07. The highest BCUT2D eigenvalue weighted by atomic mass is 32.1. The molecule has 0 fully saturated rings. The van der Waals surface area contributed by atoms with E-state index in [0.29, 0.717) is 6.54 Å². The second-order valence-electron chi connectivity index (χ2n) is 5.87. The van der Waals surface area contributed by atoms with Gasteiger partial charge in [0.25, 0.3) is 5.91 Å². The van der Waals surface area contributed by atoms with Crippen molar-refractivity contribution >= 4 is 17.2 Å². The van der Waals surface area contributed by atoms with Crippen LogP contribution >= 0.6 is 11.3 Å². The van der Waals surface area contributed by atoms with Crippen molar-refractivity contribution in [2.75, 3.05) is 6.54 Å². The Morgan fingerprint density at radius 2 is 2.10 bits per heavy atom. The summed E-state index contributed by atoms with van der Waals surface area (Å²) in [6.07, 6.45) is 2.56. The number of hydrogen-bond acceptors (Lipinski definition) is 3. The molecule has 2 aromatic rings. The van der Waals surface area contributed by atoms with E-state index in [2.05, 4.69) is 31.2 Å². The van der Waals surface area contributed by atoms with E-state index >= 15 is 0 Å². The van der Waals surface area contributed by atoms with E-state index in [1.54, 1.807) is 17.5 Å². The molecule has 0 aromatic carbocycles. The normalized spacial score (nSPS) is 11.6. The van der Waals surface area contributed by atoms with Gasteiger partial charge >= 0.3 is 0 Å². The van der Waals surface area contributed by atoms with E-state index in [0.717, 1.165) is 17.0 Å². The van der Waals surface area contributed by atoms with Gasteiger partial charge < -0.3 is 5.32 Å². The second-order valence-corrected chi connectivity index (χ2v) is 6.95. The number of carbonyl (C=O) groups excluding carboxylic acids is 1. The molecule has 2 rings (SSSR count). The molecule has 0 radical (unpaired) electrons. The molecule has 4 nitrogen and oxygen atoms in total. The molecule has 0 saturated heterocycles. The Hall–Kier alpha value is -1.62. The van der Waals surface area contributed by atoms with Crippen LogP contribution in [0.1, 0.15) is 41.0 Å². The number of nitrogens with zero attached hydrogens (tertiary/aromatic N) is 2. The van der Waals surface area contributed by atoms with Crippen LogP contribution in [0.15, 0.2) is 24.4 Å². The molecule has 2 aromatic heterocycles. The third kappa shape index (κ3) is 3.48. The summed E-state index contributed by atoms with van der Waals surface area (Å²) >= 11 is 1.57. The lowest BCUT2D eigenvalue weighted by Gasteiger charge is -2.15. The highest BCUT2D eigenvalue weighted by Gasteiger charge is 2.18. The van der Waals surface area contributed by atoms with Crippen molar-refractivity contribution in [1.29, 1.82) is 0 Å². The van der Waals surface area contributed by atoms with E-state index in [4.69, 9.17) is 0 Å². The van der Waals surface area contributed by atoms with Crippen molar-refractivity contribution < 1.29 is 4.79 Å². The third-order valence-corrected chi connectivity index (χ3v) is 4.67. The molecule has 1 amide bonds. The van der Waals surface area contributed by atoms with Gasteiger partial charge in [0, 0.05) is 36.8 Å². The fourth-order valence-electron chi connectivity index (χ4n) is 1.90. The summed E-state index contributed by atoms with van der Waals surface area (Å²) in [4.78, 5) is 14.1. The molecule has 20 heavy (non-hydrogen) atoms. The molecule has 0 atom stereocenters. The second kappa shape index (κ2) is 5.79. The Kier molecular flexibility index (Phi) is 4.28. The number of thiophene rings is 1. The first-order valence-electron chi connectivity index (χ1n) is 6.73. The van der Waals surface area contributed by atoms with Gasteiger partial charge in [-0.25, -0.2) is 0 Å². The zero-order valence-corrected chi connectivity index (χ0v) is 13.3. The monoisotopic (exact) mass is 291 g/mol. The molecule has 0 aliphatic heterocycles. The van der Waals surface area contributed by atoms with Crippen molar-refractivity contribution in [1.82, 2.24) is 15.1 Å². The van der Waals surface area contributed by atoms with E-state index in [1.165, 1.54) is 4.88 Å². The van der Waals surface area contributed by atoms with Gasteiger partial charge in [-0.1, -0.05) is 20.8 Å². The van der Waals surface area contributed by atoms with Crippen LogP contribution in [0.25, 0.3) is 0 Å². The smallest absolute Gasteiger partial charge is 0.261 e. The lowest BCUT2D eigenvalue weighted by molar-refractivity contribution is 0.0958. The van der Waals surface area contributed by atoms with Crippen molar-refractivity contribution in [3.8, 4) is 0 Å². The molecule has 0 spiro atoms. The van der Waals surface area contributed by atoms with Crippen LogP contribution in [0, 0.1) is 0 Å². The molecule has 2 heterocycles. The third-order valence-electron chi connectivity index (χ3n) is 3.16. The molecule has 108 valence electrons. The first-order valence-corrected chi connectivity index (χ1v) is 7.55. The van der Waals surface area contributed by atoms with Gasteiger partial charge in [-0.15, -0.1) is 11.3 Å². The Morgan fingerprint density at radius 1 is 1.35 bits per heavy atom. The van der Waals surface area contributed by atoms with E-state index < -0.39 is 0 Å². The van der Waals surface area contributed by atoms with Gasteiger partial charge in [0.05, 0.1) is 4.88 Å². The van der Waals surface area contributed by atoms with Crippen molar-refractivity contribution in [3.05, 3.63) is 39.8 Å². The summed E-state index contributed by atoms with van der Waals surface area (Å²) in [5.74, 6) is 0.00710. The van der Waals surface area contributed by atoms with Crippen molar-refractivity contribution in [3.63, 3.8) is 0 Å². The molecule has 0 aliphatic rings. The van der Waals surface area contributed by atoms with Gasteiger partial charge in [-0.2, -0.15) is 5.10 Å². The molecular formula is C15H21N3OS. The summed E-state index contributed by atoms with van der Waals surface area (Å²) in [5.41, 5.74) is 1.21. The minimum atomic E-state index is 0.00710. The van der Waals surface area contributed by atoms with Gasteiger partial charge in [0.15, 0.2) is 0 Å². The molecule has 5 heteroatoms. The van der Waals surface area contributed by atoms with Crippen molar-refractivity contribution in [2.45, 2.75) is 32.6 Å². The Labute approximate surface area is 123 Å². The first kappa shape index (κ1) is 14.8. The topological polar surface area (TPSA) is 46.9 Å². The average molecular weight is 291 g/mol. The minimum Gasteiger partial charge on any atom is -0.351 e. The molecule has 0 aliphatic carbocycles. The molecule has 1 N–H and O–H groups in total. The van der Waals surface area contributed by atoms with Crippen LogP contribution in [0.3, 0.4) is 0 Å². The quantitative estimate of drug-likeness (QED) is 0.941. The SMILES string of the molecule is Cn1nccc1CCNC(=O)c1ccc(C(C)(C)C)s1. The summed E-state index contributed by atoms with van der Waals surface area (Å²) in [6, 6.07) is 5.92. The number of rotatable bonds is 4. The fraction of sp³-hybridized carbons (Fsp3) is 0.467. The molecule has 0 saturated carbocycles. The maximum Gasteiger partial charge on any atom is 0.261 e. The van der Waals surface area contributed by atoms with Crippen LogP contribution in [-0.2, 0) is 18.9 Å². The number of amides is 1. The number of nitrogens with one attached hydrogen (secondary N) is 1. The van der Waals surface area contributed by atoms with Crippen LogP contribution in [0.5, 0.6) is 0 Å². The Bertz CT molecular complexity index is 592. The van der Waals surface area contributed by atoms with E-state index in [1.807, 2.05) is 29.9 Å². The summed E-state index contributed by atoms with van der Waals surface area (Å²) < 4.78 is 1.83. The van der Waals surface area contributed by atoms with Crippen molar-refractivity contribution in [2.24, 2.45) is 7.05 Å². The maximum absolute atomic E-state index is 12.1. The maximum atomic E-state index is 12.1. The summed E-state index contributed by atoms with van der Waals surface area (Å²) in [6.45, 7) is 7.09. The Morgan fingerprint density at radius 3 is 2.65 bits per heavy atom. The summed E-state index contributed by atoms with van der Waals surface area (Å²) in [7, 11) is 1.91. The highest BCUT2D eigenvalue weighted by Crippen LogP contribution is 2.29. The number of hydrogen-bond donors (Lipinski definition) is 1. The molecule has 0 bridgehead atoms. The van der Waals surface area contributed by atoms with Gasteiger partial charge in [-0.05, 0) is 23.6 Å². The lowest BCUT2D eigenvalue weighted by Crippen LogP contribution is -2.25. The van der Waals surface area contributed by atoms with Crippen LogP contribution < -0.4 is 5.32 Å². The van der Waals surface area contributed by atoms with Gasteiger partial charge in [-0.3, -0.25) is 9.48 Å². The number of aromatic nitrogens is 2. The fourth-order valence-corrected chi connectivity index (χ4v) is 2.88. The largest absolute Gasteiger partial charge is 0.351 e. The van der Waals surface area contributed by atoms with Gasteiger partial charge in [0.1, 0.15) is 0 Å². The standard InChI is InChI=1S/C15H21N3OS/c1-15(2,3)13-6-5-12(20-13)14(19)16-9-7-11-8-10-17-18(11)4/h5-6,8,10H,7,9H2,1-4H3,(H,16,19). The zero-order chi connectivity index (χ0) is 14.8. The lowest BCUT2D eigenvalue weighted by atomic mass is 9.95. The predicted molar refractivity (Wildman–Crippen MR) is 82.3 cm³/mol. The van der Waals surface area contributed by atoms with Crippen LogP contribution in [0.4, 0.5) is 0 Å². The van der Waals surface area contributed by atoms with Crippen LogP contribution in [0.2, 0.25) is 0 Å². The Balaban J connectivity index is 1.89. The highest BCUT2D eigenvalue weighted by molar-refractivity contribution is 7.14. The predicted octanol–water partition coefficient (Wildman–Crippen LogP) is 2.75. The zero-order valence-electron chi connectivity index (χ0n) is 12.4. The molecular weight excluding hydrogens is 270 g/mol. The minimum absolute atomic E-state index is 0.00710. The van der Waals surface area contributed by atoms with Gasteiger partial charge in [0.2, 0.25) is 0 Å². The van der Waals surface area contributed by atoms with E-state index in [9.17, 15) is 4.79 Å². The number of aryl methyl sites for hydroxylation is 1.